The van der Waals surface area contributed by atoms with Crippen molar-refractivity contribution >= 4 is 5.69 Å². The molecule has 1 aliphatic heterocycles. The number of hydrogen-bond acceptors (Lipinski definition) is 2. The zero-order chi connectivity index (χ0) is 14.9. The molecular formula is C15H16F3N3. The number of fused-ring (bicyclic) bond motifs is 1. The van der Waals surface area contributed by atoms with Gasteiger partial charge in [0, 0.05) is 30.8 Å². The van der Waals surface area contributed by atoms with Gasteiger partial charge in [-0.3, -0.25) is 0 Å². The number of benzene rings is 1. The molecule has 1 N–H and O–H groups in total. The quantitative estimate of drug-likeness (QED) is 0.928. The smallest absolute Gasteiger partial charge is 0.384 e. The normalized spacial score (nSPS) is 14.0. The Morgan fingerprint density at radius 1 is 1.29 bits per heavy atom. The standard InChI is InChI=1S/C15H16F3N3/c16-15(17,18)6-2-8-21-10-19-9-13(21)12-4-1-3-11-5-7-20-14(11)12/h1,3-4,9-10,20H,2,5-8H2. The molecule has 0 unspecified atom stereocenters. The molecule has 0 aliphatic carbocycles. The number of para-hydroxylation sites is 1. The maximum Gasteiger partial charge on any atom is 0.389 e. The van der Waals surface area contributed by atoms with E-state index in [0.717, 1.165) is 29.9 Å². The average molecular weight is 295 g/mol. The van der Waals surface area contributed by atoms with Crippen molar-refractivity contribution in [3.05, 3.63) is 36.3 Å². The number of aromatic nitrogens is 2. The van der Waals surface area contributed by atoms with E-state index < -0.39 is 12.6 Å². The maximum absolute atomic E-state index is 12.3. The van der Waals surface area contributed by atoms with Crippen LogP contribution in [0.4, 0.5) is 18.9 Å². The molecule has 0 fully saturated rings. The molecule has 1 aromatic heterocycles. The summed E-state index contributed by atoms with van der Waals surface area (Å²) in [7, 11) is 0. The van der Waals surface area contributed by atoms with E-state index in [-0.39, 0.29) is 6.42 Å². The minimum Gasteiger partial charge on any atom is -0.384 e. The van der Waals surface area contributed by atoms with Gasteiger partial charge in [0.25, 0.3) is 0 Å². The third-order valence-corrected chi connectivity index (χ3v) is 3.69. The van der Waals surface area contributed by atoms with Gasteiger partial charge in [-0.2, -0.15) is 13.2 Å². The zero-order valence-corrected chi connectivity index (χ0v) is 11.5. The van der Waals surface area contributed by atoms with E-state index in [1.54, 1.807) is 17.1 Å². The molecule has 3 rings (SSSR count). The largest absolute Gasteiger partial charge is 0.389 e. The van der Waals surface area contributed by atoms with Crippen molar-refractivity contribution in [3.63, 3.8) is 0 Å². The number of anilines is 1. The van der Waals surface area contributed by atoms with Crippen LogP contribution in [0, 0.1) is 0 Å². The van der Waals surface area contributed by atoms with Gasteiger partial charge >= 0.3 is 6.18 Å². The van der Waals surface area contributed by atoms with E-state index in [9.17, 15) is 13.2 Å². The highest BCUT2D eigenvalue weighted by Gasteiger charge is 2.26. The molecule has 6 heteroatoms. The fraction of sp³-hybridized carbons (Fsp3) is 0.400. The highest BCUT2D eigenvalue weighted by Crippen LogP contribution is 2.34. The van der Waals surface area contributed by atoms with E-state index in [4.69, 9.17) is 0 Å². The Balaban J connectivity index is 1.81. The number of hydrogen-bond donors (Lipinski definition) is 1. The van der Waals surface area contributed by atoms with Gasteiger partial charge in [-0.25, -0.2) is 4.98 Å². The molecule has 0 radical (unpaired) electrons. The topological polar surface area (TPSA) is 29.9 Å². The van der Waals surface area contributed by atoms with Crippen molar-refractivity contribution in [2.45, 2.75) is 32.0 Å². The first-order valence-electron chi connectivity index (χ1n) is 6.97. The van der Waals surface area contributed by atoms with Crippen LogP contribution in [0.5, 0.6) is 0 Å². The van der Waals surface area contributed by atoms with Gasteiger partial charge in [0.1, 0.15) is 0 Å². The highest BCUT2D eigenvalue weighted by atomic mass is 19.4. The number of halogens is 3. The van der Waals surface area contributed by atoms with Crippen molar-refractivity contribution in [2.75, 3.05) is 11.9 Å². The fourth-order valence-electron chi connectivity index (χ4n) is 2.73. The molecule has 0 bridgehead atoms. The van der Waals surface area contributed by atoms with Gasteiger partial charge in [0.15, 0.2) is 0 Å². The zero-order valence-electron chi connectivity index (χ0n) is 11.5. The first-order valence-corrected chi connectivity index (χ1v) is 6.97. The van der Waals surface area contributed by atoms with Crippen LogP contribution < -0.4 is 5.32 Å². The number of nitrogens with one attached hydrogen (secondary N) is 1. The van der Waals surface area contributed by atoms with Crippen LogP contribution in [0.15, 0.2) is 30.7 Å². The van der Waals surface area contributed by atoms with Gasteiger partial charge in [-0.1, -0.05) is 18.2 Å². The molecule has 1 aliphatic rings. The van der Waals surface area contributed by atoms with Crippen molar-refractivity contribution in [2.24, 2.45) is 0 Å². The van der Waals surface area contributed by atoms with Crippen LogP contribution >= 0.6 is 0 Å². The Kier molecular flexibility index (Phi) is 3.61. The minimum absolute atomic E-state index is 0.0648. The molecule has 0 spiro atoms. The highest BCUT2D eigenvalue weighted by molar-refractivity contribution is 5.79. The average Bonchev–Trinajstić information content (AvgIpc) is 3.04. The monoisotopic (exact) mass is 295 g/mol. The Morgan fingerprint density at radius 2 is 2.14 bits per heavy atom. The Bertz CT molecular complexity index is 631. The van der Waals surface area contributed by atoms with E-state index >= 15 is 0 Å². The molecule has 2 aromatic rings. The third kappa shape index (κ3) is 3.04. The summed E-state index contributed by atoms with van der Waals surface area (Å²) in [6.07, 6.45) is -0.518. The maximum atomic E-state index is 12.3. The summed E-state index contributed by atoms with van der Waals surface area (Å²) in [6, 6.07) is 6.03. The van der Waals surface area contributed by atoms with E-state index in [1.807, 2.05) is 12.1 Å². The van der Waals surface area contributed by atoms with E-state index in [0.29, 0.717) is 6.54 Å². The molecular weight excluding hydrogens is 279 g/mol. The molecule has 0 atom stereocenters. The molecule has 3 nitrogen and oxygen atoms in total. The molecule has 0 saturated heterocycles. The van der Waals surface area contributed by atoms with Crippen molar-refractivity contribution in [1.29, 1.82) is 0 Å². The van der Waals surface area contributed by atoms with Gasteiger partial charge in [-0.15, -0.1) is 0 Å². The summed E-state index contributed by atoms with van der Waals surface area (Å²) in [5.41, 5.74) is 4.20. The second-order valence-electron chi connectivity index (χ2n) is 5.21. The van der Waals surface area contributed by atoms with Crippen LogP contribution in [0.2, 0.25) is 0 Å². The lowest BCUT2D eigenvalue weighted by Gasteiger charge is -2.12. The Labute approximate surface area is 120 Å². The van der Waals surface area contributed by atoms with Gasteiger partial charge in [-0.05, 0) is 18.4 Å². The van der Waals surface area contributed by atoms with E-state index in [1.165, 1.54) is 5.56 Å². The van der Waals surface area contributed by atoms with Gasteiger partial charge in [0.05, 0.1) is 18.2 Å². The molecule has 2 heterocycles. The van der Waals surface area contributed by atoms with Crippen LogP contribution in [-0.4, -0.2) is 22.3 Å². The van der Waals surface area contributed by atoms with E-state index in [2.05, 4.69) is 16.4 Å². The van der Waals surface area contributed by atoms with Gasteiger partial charge < -0.3 is 9.88 Å². The fourth-order valence-corrected chi connectivity index (χ4v) is 2.73. The number of rotatable bonds is 4. The minimum atomic E-state index is -4.10. The Morgan fingerprint density at radius 3 is 2.95 bits per heavy atom. The van der Waals surface area contributed by atoms with Crippen molar-refractivity contribution < 1.29 is 13.2 Å². The second-order valence-corrected chi connectivity index (χ2v) is 5.21. The first-order chi connectivity index (χ1) is 10.0. The number of aryl methyl sites for hydroxylation is 1. The molecule has 0 saturated carbocycles. The van der Waals surface area contributed by atoms with Crippen LogP contribution in [0.25, 0.3) is 11.3 Å². The SMILES string of the molecule is FC(F)(F)CCCn1cncc1-c1cccc2c1NCC2. The Hall–Kier alpha value is -1.98. The summed E-state index contributed by atoms with van der Waals surface area (Å²) in [5.74, 6) is 0. The summed E-state index contributed by atoms with van der Waals surface area (Å²) >= 11 is 0. The first kappa shape index (κ1) is 14.0. The number of nitrogens with zero attached hydrogens (tertiary/aromatic N) is 2. The van der Waals surface area contributed by atoms with Crippen LogP contribution in [0.3, 0.4) is 0 Å². The third-order valence-electron chi connectivity index (χ3n) is 3.69. The summed E-state index contributed by atoms with van der Waals surface area (Å²) in [5, 5.41) is 3.34. The predicted molar refractivity (Wildman–Crippen MR) is 75.1 cm³/mol. The lowest BCUT2D eigenvalue weighted by Crippen LogP contribution is -2.09. The lowest BCUT2D eigenvalue weighted by atomic mass is 10.1. The predicted octanol–water partition coefficient (Wildman–Crippen LogP) is 3.86. The molecule has 21 heavy (non-hydrogen) atoms. The molecule has 1 aromatic carbocycles. The van der Waals surface area contributed by atoms with Crippen LogP contribution in [-0.2, 0) is 13.0 Å². The van der Waals surface area contributed by atoms with Crippen molar-refractivity contribution in [3.8, 4) is 11.3 Å². The van der Waals surface area contributed by atoms with Gasteiger partial charge in [0.2, 0.25) is 0 Å². The summed E-state index contributed by atoms with van der Waals surface area (Å²) in [4.78, 5) is 4.09. The lowest BCUT2D eigenvalue weighted by molar-refractivity contribution is -0.135. The second kappa shape index (κ2) is 5.42. The summed E-state index contributed by atoms with van der Waals surface area (Å²) < 4.78 is 38.6. The molecule has 0 amide bonds. The van der Waals surface area contributed by atoms with Crippen LogP contribution in [0.1, 0.15) is 18.4 Å². The number of imidazole rings is 1. The molecule has 112 valence electrons. The van der Waals surface area contributed by atoms with Crippen molar-refractivity contribution in [1.82, 2.24) is 9.55 Å². The summed E-state index contributed by atoms with van der Waals surface area (Å²) in [6.45, 7) is 1.22. The number of alkyl halides is 3.